The lowest BCUT2D eigenvalue weighted by molar-refractivity contribution is 0.0603. The number of amides is 1. The van der Waals surface area contributed by atoms with E-state index in [-0.39, 0.29) is 5.91 Å². The van der Waals surface area contributed by atoms with Gasteiger partial charge in [0.05, 0.1) is 5.69 Å². The van der Waals surface area contributed by atoms with Crippen molar-refractivity contribution in [1.29, 1.82) is 0 Å². The van der Waals surface area contributed by atoms with Crippen LogP contribution in [0.25, 0.3) is 0 Å². The monoisotopic (exact) mass is 370 g/mol. The minimum Gasteiger partial charge on any atom is -0.365 e. The summed E-state index contributed by atoms with van der Waals surface area (Å²) in [6.45, 7) is 5.79. The van der Waals surface area contributed by atoms with Gasteiger partial charge in [0.1, 0.15) is 4.88 Å². The predicted octanol–water partition coefficient (Wildman–Crippen LogP) is 3.16. The van der Waals surface area contributed by atoms with Gasteiger partial charge in [-0.2, -0.15) is 0 Å². The third-order valence-corrected chi connectivity index (χ3v) is 6.80. The summed E-state index contributed by atoms with van der Waals surface area (Å²) in [5, 5.41) is 3.85. The van der Waals surface area contributed by atoms with Crippen molar-refractivity contribution in [2.45, 2.75) is 38.8 Å². The zero-order valence-electron chi connectivity index (χ0n) is 15.5. The third-order valence-electron chi connectivity index (χ3n) is 5.63. The molecule has 0 radical (unpaired) electrons. The molecular formula is C20H26N4OS. The van der Waals surface area contributed by atoms with Gasteiger partial charge in [-0.3, -0.25) is 9.69 Å². The molecule has 26 heavy (non-hydrogen) atoms. The molecule has 6 heteroatoms. The highest BCUT2D eigenvalue weighted by molar-refractivity contribution is 7.17. The summed E-state index contributed by atoms with van der Waals surface area (Å²) in [6, 6.07) is 9.37. The first-order chi connectivity index (χ1) is 12.7. The second-order valence-electron chi connectivity index (χ2n) is 7.20. The number of anilines is 1. The zero-order valence-corrected chi connectivity index (χ0v) is 16.3. The molecule has 1 amide bonds. The Morgan fingerprint density at radius 3 is 2.62 bits per heavy atom. The van der Waals surface area contributed by atoms with E-state index in [1.807, 2.05) is 18.9 Å². The van der Waals surface area contributed by atoms with E-state index < -0.39 is 0 Å². The Morgan fingerprint density at radius 2 is 1.92 bits per heavy atom. The van der Waals surface area contributed by atoms with Crippen LogP contribution in [0.15, 0.2) is 24.3 Å². The molecule has 5 nitrogen and oxygen atoms in total. The number of nitrogens with zero attached hydrogens (tertiary/aromatic N) is 3. The van der Waals surface area contributed by atoms with Crippen molar-refractivity contribution < 1.29 is 4.79 Å². The van der Waals surface area contributed by atoms with Crippen molar-refractivity contribution in [3.8, 4) is 0 Å². The van der Waals surface area contributed by atoms with E-state index in [4.69, 9.17) is 0 Å². The number of thiazole rings is 1. The van der Waals surface area contributed by atoms with E-state index in [1.54, 1.807) is 0 Å². The first-order valence-electron chi connectivity index (χ1n) is 9.41. The number of carbonyl (C=O) groups is 1. The predicted molar refractivity (Wildman–Crippen MR) is 106 cm³/mol. The highest BCUT2D eigenvalue weighted by Crippen LogP contribution is 2.28. The molecule has 1 saturated heterocycles. The number of piperidine rings is 1. The van der Waals surface area contributed by atoms with Gasteiger partial charge in [0.15, 0.2) is 5.13 Å². The van der Waals surface area contributed by atoms with Gasteiger partial charge < -0.3 is 10.2 Å². The van der Waals surface area contributed by atoms with Gasteiger partial charge in [0.2, 0.25) is 0 Å². The molecule has 0 aliphatic carbocycles. The molecule has 0 spiro atoms. The number of carbonyl (C=O) groups excluding carboxylic acids is 1. The second-order valence-corrected chi connectivity index (χ2v) is 8.20. The van der Waals surface area contributed by atoms with Crippen LogP contribution in [-0.2, 0) is 13.0 Å². The number of aryl methyl sites for hydroxylation is 1. The molecule has 1 aromatic carbocycles. The first-order valence-corrected chi connectivity index (χ1v) is 10.2. The third kappa shape index (κ3) is 3.35. The van der Waals surface area contributed by atoms with Gasteiger partial charge >= 0.3 is 0 Å². The molecule has 0 unspecified atom stereocenters. The van der Waals surface area contributed by atoms with Gasteiger partial charge in [-0.25, -0.2) is 4.98 Å². The number of rotatable bonds is 3. The van der Waals surface area contributed by atoms with Gasteiger partial charge in [-0.1, -0.05) is 35.6 Å². The summed E-state index contributed by atoms with van der Waals surface area (Å²) in [6.07, 6.45) is 3.26. The molecule has 2 aromatic rings. The van der Waals surface area contributed by atoms with Gasteiger partial charge in [-0.15, -0.1) is 0 Å². The zero-order chi connectivity index (χ0) is 18.1. The largest absolute Gasteiger partial charge is 0.365 e. The van der Waals surface area contributed by atoms with Crippen molar-refractivity contribution in [3.63, 3.8) is 0 Å². The average molecular weight is 371 g/mol. The number of hydrogen-bond donors (Lipinski definition) is 1. The van der Waals surface area contributed by atoms with E-state index >= 15 is 0 Å². The molecule has 3 heterocycles. The molecule has 1 aromatic heterocycles. The summed E-state index contributed by atoms with van der Waals surface area (Å²) in [4.78, 5) is 22.7. The number of benzene rings is 1. The average Bonchev–Trinajstić information content (AvgIpc) is 3.08. The Balaban J connectivity index is 1.37. The molecule has 2 aliphatic heterocycles. The molecule has 0 bridgehead atoms. The smallest absolute Gasteiger partial charge is 0.265 e. The molecule has 4 rings (SSSR count). The molecule has 1 fully saturated rings. The molecule has 0 saturated carbocycles. The van der Waals surface area contributed by atoms with E-state index in [1.165, 1.54) is 22.5 Å². The normalized spacial score (nSPS) is 18.6. The number of aromatic nitrogens is 1. The summed E-state index contributed by atoms with van der Waals surface area (Å²) in [5.74, 6) is 0.143. The fourth-order valence-electron chi connectivity index (χ4n) is 4.11. The minimum absolute atomic E-state index is 0.143. The van der Waals surface area contributed by atoms with Crippen LogP contribution in [0, 0.1) is 6.92 Å². The van der Waals surface area contributed by atoms with Crippen LogP contribution < -0.4 is 5.32 Å². The SMILES string of the molecule is CNc1nc(C)c(C(=O)N2CCC(N3CCc4ccccc4C3)CC2)s1. The van der Waals surface area contributed by atoms with E-state index in [9.17, 15) is 4.79 Å². The van der Waals surface area contributed by atoms with E-state index in [2.05, 4.69) is 39.5 Å². The second kappa shape index (κ2) is 7.37. The summed E-state index contributed by atoms with van der Waals surface area (Å²) >= 11 is 1.46. The highest BCUT2D eigenvalue weighted by Gasteiger charge is 2.30. The first kappa shape index (κ1) is 17.5. The van der Waals surface area contributed by atoms with Crippen LogP contribution in [0.1, 0.15) is 39.3 Å². The van der Waals surface area contributed by atoms with Crippen molar-refractivity contribution >= 4 is 22.4 Å². The Kier molecular flexibility index (Phi) is 4.96. The number of hydrogen-bond acceptors (Lipinski definition) is 5. The lowest BCUT2D eigenvalue weighted by atomic mass is 9.95. The maximum Gasteiger partial charge on any atom is 0.265 e. The van der Waals surface area contributed by atoms with E-state index in [0.29, 0.717) is 6.04 Å². The van der Waals surface area contributed by atoms with Crippen molar-refractivity contribution in [3.05, 3.63) is 46.0 Å². The summed E-state index contributed by atoms with van der Waals surface area (Å²) < 4.78 is 0. The van der Waals surface area contributed by atoms with Gasteiger partial charge in [0.25, 0.3) is 5.91 Å². The number of likely N-dealkylation sites (tertiary alicyclic amines) is 1. The van der Waals surface area contributed by atoms with Crippen LogP contribution in [0.4, 0.5) is 5.13 Å². The molecular weight excluding hydrogens is 344 g/mol. The van der Waals surface area contributed by atoms with Gasteiger partial charge in [-0.05, 0) is 37.3 Å². The molecule has 138 valence electrons. The quantitative estimate of drug-likeness (QED) is 0.902. The van der Waals surface area contributed by atoms with Crippen LogP contribution in [0.5, 0.6) is 0 Å². The number of fused-ring (bicyclic) bond motifs is 1. The van der Waals surface area contributed by atoms with Gasteiger partial charge in [0, 0.05) is 39.3 Å². The van der Waals surface area contributed by atoms with Crippen LogP contribution in [0.3, 0.4) is 0 Å². The minimum atomic E-state index is 0.143. The molecule has 0 atom stereocenters. The van der Waals surface area contributed by atoms with Crippen molar-refractivity contribution in [2.24, 2.45) is 0 Å². The molecule has 1 N–H and O–H groups in total. The van der Waals surface area contributed by atoms with Crippen LogP contribution in [-0.4, -0.2) is 53.4 Å². The topological polar surface area (TPSA) is 48.5 Å². The fourth-order valence-corrected chi connectivity index (χ4v) is 5.00. The Labute approximate surface area is 159 Å². The van der Waals surface area contributed by atoms with Crippen LogP contribution >= 0.6 is 11.3 Å². The maximum atomic E-state index is 12.9. The Hall–Kier alpha value is -1.92. The Bertz CT molecular complexity index is 795. The standard InChI is InChI=1S/C20H26N4OS/c1-14-18(26-20(21-2)22-14)19(25)23-11-8-17(9-12-23)24-10-7-15-5-3-4-6-16(15)13-24/h3-6,17H,7-13H2,1-2H3,(H,21,22). The lowest BCUT2D eigenvalue weighted by Gasteiger charge is -2.40. The highest BCUT2D eigenvalue weighted by atomic mass is 32.1. The lowest BCUT2D eigenvalue weighted by Crippen LogP contribution is -2.48. The van der Waals surface area contributed by atoms with Crippen molar-refractivity contribution in [2.75, 3.05) is 32.0 Å². The van der Waals surface area contributed by atoms with Crippen molar-refractivity contribution in [1.82, 2.24) is 14.8 Å². The number of nitrogens with one attached hydrogen (secondary N) is 1. The molecule has 2 aliphatic rings. The summed E-state index contributed by atoms with van der Waals surface area (Å²) in [7, 11) is 1.84. The fraction of sp³-hybridized carbons (Fsp3) is 0.500. The summed E-state index contributed by atoms with van der Waals surface area (Å²) in [5.41, 5.74) is 3.80. The Morgan fingerprint density at radius 1 is 1.19 bits per heavy atom. The maximum absolute atomic E-state index is 12.9. The van der Waals surface area contributed by atoms with Crippen LogP contribution in [0.2, 0.25) is 0 Å². The van der Waals surface area contributed by atoms with E-state index in [0.717, 1.165) is 61.1 Å².